The third-order valence-corrected chi connectivity index (χ3v) is 4.85. The van der Waals surface area contributed by atoms with Gasteiger partial charge in [-0.1, -0.05) is 42.5 Å². The summed E-state index contributed by atoms with van der Waals surface area (Å²) < 4.78 is 11.2. The van der Waals surface area contributed by atoms with E-state index in [-0.39, 0.29) is 18.4 Å². The average Bonchev–Trinajstić information content (AvgIpc) is 2.80. The summed E-state index contributed by atoms with van der Waals surface area (Å²) in [5.74, 6) is 0.934. The molecule has 6 nitrogen and oxygen atoms in total. The second-order valence-corrected chi connectivity index (χ2v) is 7.09. The van der Waals surface area contributed by atoms with Gasteiger partial charge in [-0.2, -0.15) is 0 Å². The molecule has 1 N–H and O–H groups in total. The number of fused-ring (bicyclic) bond motifs is 1. The summed E-state index contributed by atoms with van der Waals surface area (Å²) in [7, 11) is 1.68. The molecule has 0 aromatic heterocycles. The molecular weight excluding hydrogens is 392 g/mol. The van der Waals surface area contributed by atoms with Crippen LogP contribution < -0.4 is 19.7 Å². The van der Waals surface area contributed by atoms with Crippen molar-refractivity contribution in [1.82, 2.24) is 0 Å². The van der Waals surface area contributed by atoms with Crippen molar-refractivity contribution in [3.63, 3.8) is 0 Å². The van der Waals surface area contributed by atoms with Crippen LogP contribution in [0.4, 0.5) is 11.4 Å². The topological polar surface area (TPSA) is 67.9 Å². The number of likely N-dealkylation sites (N-methyl/N-ethyl adjacent to an activating group) is 1. The van der Waals surface area contributed by atoms with Gasteiger partial charge < -0.3 is 19.7 Å². The van der Waals surface area contributed by atoms with E-state index in [1.165, 1.54) is 11.0 Å². The zero-order valence-corrected chi connectivity index (χ0v) is 17.1. The Morgan fingerprint density at radius 2 is 1.94 bits per heavy atom. The first-order valence-electron chi connectivity index (χ1n) is 9.88. The van der Waals surface area contributed by atoms with Crippen LogP contribution in [-0.2, 0) is 16.2 Å². The Morgan fingerprint density at radius 3 is 2.77 bits per heavy atom. The number of hydrogen-bond acceptors (Lipinski definition) is 4. The molecule has 2 amide bonds. The van der Waals surface area contributed by atoms with E-state index in [0.29, 0.717) is 23.7 Å². The number of rotatable bonds is 6. The second-order valence-electron chi connectivity index (χ2n) is 7.09. The molecule has 0 aliphatic carbocycles. The van der Waals surface area contributed by atoms with Gasteiger partial charge in [-0.25, -0.2) is 0 Å². The molecular formula is C25H22N2O4. The number of nitrogens with zero attached hydrogens (tertiary/aromatic N) is 1. The molecule has 0 spiro atoms. The SMILES string of the molecule is CN1C(=O)COc2ccc(NC(=O)/C=C/c3cccc(OCc4ccccc4)c3)cc21. The molecule has 31 heavy (non-hydrogen) atoms. The van der Waals surface area contributed by atoms with Crippen molar-refractivity contribution in [3.05, 3.63) is 90.0 Å². The minimum atomic E-state index is -0.277. The molecule has 0 saturated heterocycles. The third kappa shape index (κ3) is 5.11. The van der Waals surface area contributed by atoms with E-state index in [1.807, 2.05) is 54.6 Å². The molecule has 156 valence electrons. The number of hydrogen-bond donors (Lipinski definition) is 1. The van der Waals surface area contributed by atoms with Crippen LogP contribution in [0.15, 0.2) is 78.9 Å². The maximum Gasteiger partial charge on any atom is 0.264 e. The fourth-order valence-electron chi connectivity index (χ4n) is 3.15. The lowest BCUT2D eigenvalue weighted by Gasteiger charge is -2.26. The quantitative estimate of drug-likeness (QED) is 0.612. The number of benzene rings is 3. The van der Waals surface area contributed by atoms with Crippen LogP contribution in [-0.4, -0.2) is 25.5 Å². The molecule has 0 unspecified atom stereocenters. The van der Waals surface area contributed by atoms with Crippen molar-refractivity contribution in [2.45, 2.75) is 6.61 Å². The van der Waals surface area contributed by atoms with Crippen molar-refractivity contribution in [2.75, 3.05) is 23.9 Å². The first kappa shape index (κ1) is 20.2. The first-order valence-corrected chi connectivity index (χ1v) is 9.88. The van der Waals surface area contributed by atoms with Crippen molar-refractivity contribution in [2.24, 2.45) is 0 Å². The van der Waals surface area contributed by atoms with Gasteiger partial charge >= 0.3 is 0 Å². The predicted octanol–water partition coefficient (Wildman–Crippen LogP) is 4.27. The van der Waals surface area contributed by atoms with E-state index >= 15 is 0 Å². The standard InChI is InChI=1S/C25H22N2O4/c1-27-22-15-20(11-12-23(22)31-17-25(27)29)26-24(28)13-10-18-8-5-9-21(14-18)30-16-19-6-3-2-4-7-19/h2-15H,16-17H2,1H3,(H,26,28)/b13-10+. The second kappa shape index (κ2) is 9.17. The number of anilines is 2. The maximum absolute atomic E-state index is 12.4. The van der Waals surface area contributed by atoms with E-state index in [0.717, 1.165) is 16.9 Å². The Labute approximate surface area is 180 Å². The van der Waals surface area contributed by atoms with Gasteiger partial charge in [0.15, 0.2) is 6.61 Å². The molecule has 1 aliphatic heterocycles. The Morgan fingerprint density at radius 1 is 1.10 bits per heavy atom. The van der Waals surface area contributed by atoms with Gasteiger partial charge in [-0.15, -0.1) is 0 Å². The molecule has 3 aromatic rings. The van der Waals surface area contributed by atoms with Crippen LogP contribution in [0.5, 0.6) is 11.5 Å². The summed E-state index contributed by atoms with van der Waals surface area (Å²) >= 11 is 0. The van der Waals surface area contributed by atoms with Gasteiger partial charge in [0.2, 0.25) is 5.91 Å². The molecule has 0 saturated carbocycles. The molecule has 0 bridgehead atoms. The van der Waals surface area contributed by atoms with Gasteiger partial charge in [0.05, 0.1) is 5.69 Å². The van der Waals surface area contributed by atoms with Crippen LogP contribution in [0, 0.1) is 0 Å². The van der Waals surface area contributed by atoms with Gasteiger partial charge in [0, 0.05) is 18.8 Å². The maximum atomic E-state index is 12.4. The van der Waals surface area contributed by atoms with Gasteiger partial charge in [0.1, 0.15) is 18.1 Å². The zero-order chi connectivity index (χ0) is 21.6. The molecule has 1 aliphatic rings. The number of nitrogens with one attached hydrogen (secondary N) is 1. The van der Waals surface area contributed by atoms with Crippen molar-refractivity contribution in [3.8, 4) is 11.5 Å². The first-order chi connectivity index (χ1) is 15.1. The summed E-state index contributed by atoms with van der Waals surface area (Å²) in [5, 5.41) is 2.81. The van der Waals surface area contributed by atoms with Crippen LogP contribution in [0.3, 0.4) is 0 Å². The number of amides is 2. The van der Waals surface area contributed by atoms with Crippen molar-refractivity contribution in [1.29, 1.82) is 0 Å². The number of carbonyl (C=O) groups excluding carboxylic acids is 2. The number of ether oxygens (including phenoxy) is 2. The fourth-order valence-corrected chi connectivity index (χ4v) is 3.15. The van der Waals surface area contributed by atoms with E-state index in [2.05, 4.69) is 5.32 Å². The highest BCUT2D eigenvalue weighted by molar-refractivity contribution is 6.03. The third-order valence-electron chi connectivity index (χ3n) is 4.85. The Bertz CT molecular complexity index is 1130. The zero-order valence-electron chi connectivity index (χ0n) is 17.1. The summed E-state index contributed by atoms with van der Waals surface area (Å²) in [4.78, 5) is 25.7. The van der Waals surface area contributed by atoms with Crippen LogP contribution in [0.2, 0.25) is 0 Å². The van der Waals surface area contributed by atoms with Crippen LogP contribution in [0.1, 0.15) is 11.1 Å². The minimum Gasteiger partial charge on any atom is -0.489 e. The summed E-state index contributed by atoms with van der Waals surface area (Å²) in [5.41, 5.74) is 3.15. The number of carbonyl (C=O) groups is 2. The Kier molecular flexibility index (Phi) is 5.98. The van der Waals surface area contributed by atoms with Gasteiger partial charge in [-0.3, -0.25) is 9.59 Å². The smallest absolute Gasteiger partial charge is 0.264 e. The highest BCUT2D eigenvalue weighted by Gasteiger charge is 2.22. The monoisotopic (exact) mass is 414 g/mol. The lowest BCUT2D eigenvalue weighted by Crippen LogP contribution is -2.35. The van der Waals surface area contributed by atoms with E-state index in [9.17, 15) is 9.59 Å². The highest BCUT2D eigenvalue weighted by atomic mass is 16.5. The highest BCUT2D eigenvalue weighted by Crippen LogP contribution is 2.33. The molecule has 3 aromatic carbocycles. The Hall–Kier alpha value is -4.06. The predicted molar refractivity (Wildman–Crippen MR) is 120 cm³/mol. The van der Waals surface area contributed by atoms with Crippen LogP contribution in [0.25, 0.3) is 6.08 Å². The summed E-state index contributed by atoms with van der Waals surface area (Å²) in [6, 6.07) is 22.7. The molecule has 4 rings (SSSR count). The molecule has 0 fully saturated rings. The largest absolute Gasteiger partial charge is 0.489 e. The van der Waals surface area contributed by atoms with Crippen molar-refractivity contribution >= 4 is 29.3 Å². The molecule has 0 radical (unpaired) electrons. The summed E-state index contributed by atoms with van der Waals surface area (Å²) in [6.07, 6.45) is 3.18. The van der Waals surface area contributed by atoms with E-state index in [4.69, 9.17) is 9.47 Å². The molecule has 6 heteroatoms. The lowest BCUT2D eigenvalue weighted by atomic mass is 10.2. The Balaban J connectivity index is 1.38. The van der Waals surface area contributed by atoms with Crippen molar-refractivity contribution < 1.29 is 19.1 Å². The normalized spacial score (nSPS) is 12.9. The fraction of sp³-hybridized carbons (Fsp3) is 0.120. The summed E-state index contributed by atoms with van der Waals surface area (Å²) in [6.45, 7) is 0.500. The van der Waals surface area contributed by atoms with E-state index in [1.54, 1.807) is 31.3 Å². The molecule has 1 heterocycles. The van der Waals surface area contributed by atoms with E-state index < -0.39 is 0 Å². The van der Waals surface area contributed by atoms with Crippen LogP contribution >= 0.6 is 0 Å². The minimum absolute atomic E-state index is 0.0199. The lowest BCUT2D eigenvalue weighted by molar-refractivity contribution is -0.121. The van der Waals surface area contributed by atoms with Gasteiger partial charge in [0.25, 0.3) is 5.91 Å². The van der Waals surface area contributed by atoms with Gasteiger partial charge in [-0.05, 0) is 47.5 Å². The average molecular weight is 414 g/mol. The molecule has 0 atom stereocenters.